The molecule has 2 aliphatic carbocycles. The number of allylic oxidation sites excluding steroid dienone is 1. The van der Waals surface area contributed by atoms with Gasteiger partial charge in [-0.25, -0.2) is 13.2 Å². The molecule has 212 valence electrons. The molecule has 0 aromatic carbocycles. The lowest BCUT2D eigenvalue weighted by molar-refractivity contribution is -0.144. The fourth-order valence-corrected chi connectivity index (χ4v) is 6.48. The third-order valence-electron chi connectivity index (χ3n) is 8.03. The smallest absolute Gasteiger partial charge is 0.405 e. The van der Waals surface area contributed by atoms with Crippen LogP contribution in [0.2, 0.25) is 0 Å². The van der Waals surface area contributed by atoms with Gasteiger partial charge in [0.05, 0.1) is 23.1 Å². The Hall–Kier alpha value is -2.71. The number of nitrogens with zero attached hydrogens (tertiary/aromatic N) is 1. The first-order valence-electron chi connectivity index (χ1n) is 12.9. The molecular formula is C24H36N4O9S. The van der Waals surface area contributed by atoms with Crippen molar-refractivity contribution in [3.63, 3.8) is 0 Å². The monoisotopic (exact) mass is 556 g/mol. The van der Waals surface area contributed by atoms with Crippen LogP contribution in [0.5, 0.6) is 0 Å². The van der Waals surface area contributed by atoms with Gasteiger partial charge in [-0.15, -0.1) is 0 Å². The number of carboxylic acid groups (broad SMARTS) is 1. The molecule has 14 heteroatoms. The molecule has 0 bridgehead atoms. The minimum absolute atomic E-state index is 0.127. The molecular weight excluding hydrogens is 520 g/mol. The molecule has 5 N–H and O–H groups in total. The van der Waals surface area contributed by atoms with Crippen molar-refractivity contribution in [1.29, 1.82) is 0 Å². The van der Waals surface area contributed by atoms with E-state index in [0.29, 0.717) is 25.7 Å². The Bertz CT molecular complexity index is 1140. The maximum absolute atomic E-state index is 13.5. The summed E-state index contributed by atoms with van der Waals surface area (Å²) < 4.78 is 32.5. The lowest BCUT2D eigenvalue weighted by Crippen LogP contribution is -2.60. The van der Waals surface area contributed by atoms with Crippen LogP contribution in [0.1, 0.15) is 59.3 Å². The third-order valence-corrected chi connectivity index (χ3v) is 10.2. The first-order valence-corrected chi connectivity index (χ1v) is 14.4. The average molecular weight is 557 g/mol. The Kier molecular flexibility index (Phi) is 7.53. The van der Waals surface area contributed by atoms with E-state index in [1.54, 1.807) is 26.8 Å². The van der Waals surface area contributed by atoms with Gasteiger partial charge in [0.25, 0.3) is 5.91 Å². The molecule has 7 atom stereocenters. The van der Waals surface area contributed by atoms with E-state index >= 15 is 0 Å². The maximum Gasteiger partial charge on any atom is 0.405 e. The Morgan fingerprint density at radius 3 is 2.55 bits per heavy atom. The molecule has 2 saturated carbocycles. The number of amides is 4. The van der Waals surface area contributed by atoms with Gasteiger partial charge in [0.1, 0.15) is 17.6 Å². The molecule has 3 fully saturated rings. The van der Waals surface area contributed by atoms with Crippen LogP contribution in [-0.2, 0) is 29.1 Å². The van der Waals surface area contributed by atoms with Crippen LogP contribution in [0.15, 0.2) is 12.2 Å². The van der Waals surface area contributed by atoms with Crippen molar-refractivity contribution in [3.8, 4) is 0 Å². The number of carbonyl (C=O) groups excluding carboxylic acids is 3. The molecule has 4 rings (SSSR count). The van der Waals surface area contributed by atoms with E-state index in [9.17, 15) is 37.8 Å². The van der Waals surface area contributed by atoms with Gasteiger partial charge in [-0.05, 0) is 52.9 Å². The van der Waals surface area contributed by atoms with Gasteiger partial charge >= 0.3 is 6.09 Å². The summed E-state index contributed by atoms with van der Waals surface area (Å²) in [6.07, 6.45) is 1.85. The summed E-state index contributed by atoms with van der Waals surface area (Å²) in [4.78, 5) is 52.8. The number of aliphatic hydroxyl groups is 1. The lowest BCUT2D eigenvalue weighted by Gasteiger charge is -2.32. The van der Waals surface area contributed by atoms with Crippen LogP contribution < -0.4 is 15.4 Å². The largest absolute Gasteiger partial charge is 0.465 e. The number of ether oxygens (including phenoxy) is 1. The number of carbonyl (C=O) groups is 4. The number of hydrogen-bond donors (Lipinski definition) is 5. The second-order valence-corrected chi connectivity index (χ2v) is 13.3. The van der Waals surface area contributed by atoms with Crippen LogP contribution in [0.3, 0.4) is 0 Å². The minimum atomic E-state index is -3.96. The lowest BCUT2D eigenvalue weighted by atomic mass is 10.1. The number of sulfonamides is 1. The van der Waals surface area contributed by atoms with Gasteiger partial charge in [-0.2, -0.15) is 0 Å². The summed E-state index contributed by atoms with van der Waals surface area (Å²) in [6.45, 7) is 4.68. The quantitative estimate of drug-likeness (QED) is 0.287. The van der Waals surface area contributed by atoms with Gasteiger partial charge in [0, 0.05) is 18.9 Å². The van der Waals surface area contributed by atoms with Crippen LogP contribution in [0, 0.1) is 5.92 Å². The zero-order valence-electron chi connectivity index (χ0n) is 21.7. The standard InChI is InChI=1S/C24H36N4O9S/c1-13-6-4-5-7-15-11-24(15,21(32)27-38(35,36)23(3)8-9-23)26-19(30)17-10-16(29)12-28(17)20(31)18(14(2)37-13)25-22(33)34/h5,7,13-18,25,29H,4,6,8-12H2,1-3H3,(H,26,30)(H,27,32)(H,33,34)/b7-5-/t13-,14+,15-,16-,17+,18+,24-/m1/s1. The third kappa shape index (κ3) is 5.52. The molecule has 4 amide bonds. The van der Waals surface area contributed by atoms with Crippen LogP contribution >= 0.6 is 0 Å². The summed E-state index contributed by atoms with van der Waals surface area (Å²) in [5.41, 5.74) is -1.53. The van der Waals surface area contributed by atoms with E-state index in [1.165, 1.54) is 0 Å². The van der Waals surface area contributed by atoms with Gasteiger partial charge in [0.2, 0.25) is 21.8 Å². The van der Waals surface area contributed by atoms with Crippen molar-refractivity contribution in [2.24, 2.45) is 5.92 Å². The molecule has 0 unspecified atom stereocenters. The second-order valence-electron chi connectivity index (χ2n) is 11.1. The zero-order valence-corrected chi connectivity index (χ0v) is 22.5. The summed E-state index contributed by atoms with van der Waals surface area (Å²) in [7, 11) is -3.96. The van der Waals surface area contributed by atoms with Gasteiger partial charge in [0.15, 0.2) is 0 Å². The zero-order chi connectivity index (χ0) is 28.0. The van der Waals surface area contributed by atoms with E-state index in [1.807, 2.05) is 6.08 Å². The highest BCUT2D eigenvalue weighted by Gasteiger charge is 2.63. The second kappa shape index (κ2) is 10.1. The molecule has 2 heterocycles. The summed E-state index contributed by atoms with van der Waals surface area (Å²) >= 11 is 0. The number of aliphatic hydroxyl groups excluding tert-OH is 1. The first-order chi connectivity index (χ1) is 17.7. The van der Waals surface area contributed by atoms with Crippen molar-refractivity contribution in [2.45, 2.75) is 100.0 Å². The molecule has 13 nitrogen and oxygen atoms in total. The Balaban J connectivity index is 1.64. The molecule has 4 aliphatic rings. The predicted molar refractivity (Wildman–Crippen MR) is 133 cm³/mol. The highest BCUT2D eigenvalue weighted by atomic mass is 32.2. The van der Waals surface area contributed by atoms with Gasteiger partial charge < -0.3 is 30.5 Å². The minimum Gasteiger partial charge on any atom is -0.465 e. The van der Waals surface area contributed by atoms with Crippen LogP contribution in [0.25, 0.3) is 0 Å². The fraction of sp³-hybridized carbons (Fsp3) is 0.750. The normalized spacial score (nSPS) is 37.9. The molecule has 1 saturated heterocycles. The van der Waals surface area contributed by atoms with Crippen molar-refractivity contribution in [1.82, 2.24) is 20.3 Å². The summed E-state index contributed by atoms with van der Waals surface area (Å²) in [6, 6.07) is -2.54. The first kappa shape index (κ1) is 28.3. The van der Waals surface area contributed by atoms with E-state index in [4.69, 9.17) is 4.74 Å². The van der Waals surface area contributed by atoms with Crippen molar-refractivity contribution in [3.05, 3.63) is 12.2 Å². The van der Waals surface area contributed by atoms with Crippen LogP contribution in [0.4, 0.5) is 4.79 Å². The Morgan fingerprint density at radius 2 is 1.92 bits per heavy atom. The van der Waals surface area contributed by atoms with Gasteiger partial charge in [-0.1, -0.05) is 12.2 Å². The topological polar surface area (TPSA) is 191 Å². The maximum atomic E-state index is 13.5. The molecule has 0 aromatic rings. The Labute approximate surface area is 221 Å². The van der Waals surface area contributed by atoms with E-state index in [-0.39, 0.29) is 25.5 Å². The average Bonchev–Trinajstić information content (AvgIpc) is 3.70. The SMILES string of the molecule is C[C@@H]1CC/C=C\[C@@H]2C[C@@]2(C(=O)NS(=O)(=O)C2(C)CC2)NC(=O)[C@@H]2C[C@@H](O)CN2C(=O)[C@@H](NC(=O)O)[C@H](C)O1. The molecule has 2 aliphatic heterocycles. The van der Waals surface area contributed by atoms with Crippen molar-refractivity contribution in [2.75, 3.05) is 6.54 Å². The van der Waals surface area contributed by atoms with Crippen LogP contribution in [-0.4, -0.2) is 94.6 Å². The summed E-state index contributed by atoms with van der Waals surface area (Å²) in [5, 5.41) is 24.5. The Morgan fingerprint density at radius 1 is 1.24 bits per heavy atom. The van der Waals surface area contributed by atoms with E-state index in [0.717, 1.165) is 4.90 Å². The number of nitrogens with one attached hydrogen (secondary N) is 3. The molecule has 0 spiro atoms. The molecule has 38 heavy (non-hydrogen) atoms. The molecule has 0 aromatic heterocycles. The highest BCUT2D eigenvalue weighted by Crippen LogP contribution is 2.47. The van der Waals surface area contributed by atoms with Crippen molar-refractivity contribution >= 4 is 33.8 Å². The van der Waals surface area contributed by atoms with E-state index in [2.05, 4.69) is 15.4 Å². The highest BCUT2D eigenvalue weighted by molar-refractivity contribution is 7.91. The molecule has 0 radical (unpaired) electrons. The predicted octanol–water partition coefficient (Wildman–Crippen LogP) is -0.399. The number of rotatable bonds is 4. The van der Waals surface area contributed by atoms with E-state index < -0.39 is 74.3 Å². The van der Waals surface area contributed by atoms with Crippen molar-refractivity contribution < 1.29 is 42.5 Å². The number of hydrogen-bond acceptors (Lipinski definition) is 8. The fourth-order valence-electron chi connectivity index (χ4n) is 5.17. The number of fused-ring (bicyclic) bond motifs is 2. The van der Waals surface area contributed by atoms with Gasteiger partial charge in [-0.3, -0.25) is 19.1 Å². The summed E-state index contributed by atoms with van der Waals surface area (Å²) in [5.74, 6) is -2.79.